The lowest BCUT2D eigenvalue weighted by Crippen LogP contribution is -2.45. The quantitative estimate of drug-likeness (QED) is 0.875. The van der Waals surface area contributed by atoms with Crippen molar-refractivity contribution < 1.29 is 12.8 Å². The second kappa shape index (κ2) is 6.73. The molecule has 4 nitrogen and oxygen atoms in total. The summed E-state index contributed by atoms with van der Waals surface area (Å²) in [7, 11) is -2.14. The van der Waals surface area contributed by atoms with Crippen LogP contribution in [0, 0.1) is 11.7 Å². The molecule has 0 aromatic heterocycles. The average molecular weight is 379 g/mol. The molecule has 0 amide bonds. The van der Waals surface area contributed by atoms with Gasteiger partial charge in [-0.25, -0.2) is 12.8 Å². The fraction of sp³-hybridized carbons (Fsp3) is 0.571. The van der Waals surface area contributed by atoms with Crippen LogP contribution >= 0.6 is 15.9 Å². The van der Waals surface area contributed by atoms with Crippen molar-refractivity contribution in [3.63, 3.8) is 0 Å². The zero-order valence-electron chi connectivity index (χ0n) is 11.9. The van der Waals surface area contributed by atoms with E-state index in [9.17, 15) is 12.8 Å². The molecule has 2 unspecified atom stereocenters. The van der Waals surface area contributed by atoms with Crippen LogP contribution in [0.25, 0.3) is 0 Å². The first-order valence-corrected chi connectivity index (χ1v) is 9.24. The Hall–Kier alpha value is -0.500. The number of hydrogen-bond acceptors (Lipinski definition) is 3. The predicted molar refractivity (Wildman–Crippen MR) is 83.8 cm³/mol. The van der Waals surface area contributed by atoms with Gasteiger partial charge >= 0.3 is 0 Å². The molecule has 1 saturated carbocycles. The summed E-state index contributed by atoms with van der Waals surface area (Å²) in [5.41, 5.74) is 5.77. The molecule has 21 heavy (non-hydrogen) atoms. The van der Waals surface area contributed by atoms with E-state index in [1.807, 2.05) is 0 Å². The number of hydrogen-bond donors (Lipinski definition) is 1. The molecule has 0 bridgehead atoms. The van der Waals surface area contributed by atoms with Gasteiger partial charge in [0.2, 0.25) is 10.0 Å². The van der Waals surface area contributed by atoms with Crippen molar-refractivity contribution in [2.24, 2.45) is 11.7 Å². The molecule has 0 spiro atoms. The highest BCUT2D eigenvalue weighted by atomic mass is 79.9. The standard InChI is InChI=1S/C14H20BrFN2O2S/c1-18(14-5-3-2-4-10(14)9-17)21(19,20)11-6-7-12(15)13(16)8-11/h6-8,10,14H,2-5,9,17H2,1H3. The lowest BCUT2D eigenvalue weighted by atomic mass is 9.85. The summed E-state index contributed by atoms with van der Waals surface area (Å²) in [5, 5.41) is 0. The van der Waals surface area contributed by atoms with Crippen molar-refractivity contribution in [2.75, 3.05) is 13.6 Å². The smallest absolute Gasteiger partial charge is 0.243 e. The van der Waals surface area contributed by atoms with Gasteiger partial charge in [-0.15, -0.1) is 0 Å². The van der Waals surface area contributed by atoms with Gasteiger partial charge in [-0.2, -0.15) is 4.31 Å². The molecular weight excluding hydrogens is 359 g/mol. The highest BCUT2D eigenvalue weighted by molar-refractivity contribution is 9.10. The maximum Gasteiger partial charge on any atom is 0.243 e. The van der Waals surface area contributed by atoms with Crippen LogP contribution < -0.4 is 5.73 Å². The van der Waals surface area contributed by atoms with E-state index >= 15 is 0 Å². The Kier molecular flexibility index (Phi) is 5.40. The maximum atomic E-state index is 13.6. The van der Waals surface area contributed by atoms with Gasteiger partial charge in [0.25, 0.3) is 0 Å². The normalized spacial score (nSPS) is 23.5. The molecule has 1 aromatic carbocycles. The number of benzene rings is 1. The first kappa shape index (κ1) is 16.9. The maximum absolute atomic E-state index is 13.6. The minimum absolute atomic E-state index is 0.0213. The van der Waals surface area contributed by atoms with Crippen LogP contribution in [0.4, 0.5) is 4.39 Å². The molecule has 0 radical (unpaired) electrons. The second-order valence-electron chi connectivity index (χ2n) is 5.44. The molecule has 1 aliphatic carbocycles. The van der Waals surface area contributed by atoms with Gasteiger partial charge in [0.05, 0.1) is 9.37 Å². The van der Waals surface area contributed by atoms with Crippen LogP contribution in [0.1, 0.15) is 25.7 Å². The third-order valence-corrected chi connectivity index (χ3v) is 6.73. The van der Waals surface area contributed by atoms with Crippen molar-refractivity contribution in [1.82, 2.24) is 4.31 Å². The van der Waals surface area contributed by atoms with Crippen LogP contribution in [0.3, 0.4) is 0 Å². The van der Waals surface area contributed by atoms with Crippen molar-refractivity contribution >= 4 is 26.0 Å². The van der Waals surface area contributed by atoms with Crippen molar-refractivity contribution in [2.45, 2.75) is 36.6 Å². The van der Waals surface area contributed by atoms with Crippen LogP contribution in [-0.4, -0.2) is 32.4 Å². The summed E-state index contributed by atoms with van der Waals surface area (Å²) in [6.07, 6.45) is 3.82. The Morgan fingerprint density at radius 2 is 2.05 bits per heavy atom. The lowest BCUT2D eigenvalue weighted by Gasteiger charge is -2.36. The molecule has 1 fully saturated rings. The fourth-order valence-electron chi connectivity index (χ4n) is 2.92. The first-order chi connectivity index (χ1) is 9.87. The highest BCUT2D eigenvalue weighted by Crippen LogP contribution is 2.31. The monoisotopic (exact) mass is 378 g/mol. The van der Waals surface area contributed by atoms with Crippen LogP contribution in [0.2, 0.25) is 0 Å². The van der Waals surface area contributed by atoms with Crippen molar-refractivity contribution in [3.05, 3.63) is 28.5 Å². The number of nitrogens with two attached hydrogens (primary N) is 1. The van der Waals surface area contributed by atoms with Gasteiger partial charge in [0.15, 0.2) is 0 Å². The summed E-state index contributed by atoms with van der Waals surface area (Å²) in [6, 6.07) is 3.77. The molecule has 2 atom stereocenters. The zero-order chi connectivity index (χ0) is 15.6. The molecule has 2 N–H and O–H groups in total. The van der Waals surface area contributed by atoms with Gasteiger partial charge in [-0.05, 0) is 59.4 Å². The van der Waals surface area contributed by atoms with E-state index in [0.29, 0.717) is 6.54 Å². The number of halogens is 2. The van der Waals surface area contributed by atoms with Crippen molar-refractivity contribution in [1.29, 1.82) is 0 Å². The Morgan fingerprint density at radius 1 is 1.38 bits per heavy atom. The van der Waals surface area contributed by atoms with E-state index in [1.54, 1.807) is 7.05 Å². The van der Waals surface area contributed by atoms with E-state index in [0.717, 1.165) is 31.7 Å². The molecule has 7 heteroatoms. The SMILES string of the molecule is CN(C1CCCCC1CN)S(=O)(=O)c1ccc(Br)c(F)c1. The average Bonchev–Trinajstić information content (AvgIpc) is 2.49. The summed E-state index contributed by atoms with van der Waals surface area (Å²) in [6.45, 7) is 0.471. The third-order valence-electron chi connectivity index (χ3n) is 4.21. The molecule has 1 aliphatic rings. The summed E-state index contributed by atoms with van der Waals surface area (Å²) >= 11 is 3.03. The van der Waals surface area contributed by atoms with Gasteiger partial charge < -0.3 is 5.73 Å². The largest absolute Gasteiger partial charge is 0.330 e. The Labute approximate surface area is 133 Å². The molecule has 0 saturated heterocycles. The van der Waals surface area contributed by atoms with E-state index in [1.165, 1.54) is 16.4 Å². The van der Waals surface area contributed by atoms with Crippen LogP contribution in [0.15, 0.2) is 27.6 Å². The molecule has 118 valence electrons. The minimum atomic E-state index is -3.70. The van der Waals surface area contributed by atoms with Gasteiger partial charge in [-0.3, -0.25) is 0 Å². The number of nitrogens with zero attached hydrogens (tertiary/aromatic N) is 1. The van der Waals surface area contributed by atoms with Crippen LogP contribution in [-0.2, 0) is 10.0 Å². The minimum Gasteiger partial charge on any atom is -0.330 e. The van der Waals surface area contributed by atoms with Gasteiger partial charge in [0, 0.05) is 13.1 Å². The third kappa shape index (κ3) is 3.47. The van der Waals surface area contributed by atoms with E-state index < -0.39 is 15.8 Å². The predicted octanol–water partition coefficient (Wildman–Crippen LogP) is 2.73. The van der Waals surface area contributed by atoms with E-state index in [-0.39, 0.29) is 21.3 Å². The van der Waals surface area contributed by atoms with Crippen LogP contribution in [0.5, 0.6) is 0 Å². The Bertz CT molecular complexity index is 609. The lowest BCUT2D eigenvalue weighted by molar-refractivity contribution is 0.204. The number of rotatable bonds is 4. The second-order valence-corrected chi connectivity index (χ2v) is 8.30. The molecular formula is C14H20BrFN2O2S. The van der Waals surface area contributed by atoms with E-state index in [2.05, 4.69) is 15.9 Å². The Morgan fingerprint density at radius 3 is 2.67 bits per heavy atom. The van der Waals surface area contributed by atoms with Crippen molar-refractivity contribution in [3.8, 4) is 0 Å². The van der Waals surface area contributed by atoms with Gasteiger partial charge in [0.1, 0.15) is 5.82 Å². The summed E-state index contributed by atoms with van der Waals surface area (Å²) < 4.78 is 40.5. The fourth-order valence-corrected chi connectivity index (χ4v) is 4.63. The topological polar surface area (TPSA) is 63.4 Å². The molecule has 2 rings (SSSR count). The molecule has 1 aromatic rings. The summed E-state index contributed by atoms with van der Waals surface area (Å²) in [5.74, 6) is -0.415. The highest BCUT2D eigenvalue weighted by Gasteiger charge is 2.34. The van der Waals surface area contributed by atoms with Gasteiger partial charge in [-0.1, -0.05) is 12.8 Å². The zero-order valence-corrected chi connectivity index (χ0v) is 14.3. The molecule has 0 heterocycles. The first-order valence-electron chi connectivity index (χ1n) is 7.01. The molecule has 0 aliphatic heterocycles. The summed E-state index contributed by atoms with van der Waals surface area (Å²) in [4.78, 5) is -0.0213. The number of sulfonamides is 1. The Balaban J connectivity index is 2.31. The van der Waals surface area contributed by atoms with E-state index in [4.69, 9.17) is 5.73 Å².